The first-order valence-corrected chi connectivity index (χ1v) is 6.88. The minimum absolute atomic E-state index is 0.0271. The van der Waals surface area contributed by atoms with Gasteiger partial charge < -0.3 is 15.2 Å². The Morgan fingerprint density at radius 2 is 1.81 bits per heavy atom. The summed E-state index contributed by atoms with van der Waals surface area (Å²) in [5.74, 6) is -1.04. The van der Waals surface area contributed by atoms with Crippen LogP contribution in [0.25, 0.3) is 0 Å². The summed E-state index contributed by atoms with van der Waals surface area (Å²) in [5, 5.41) is 11.7. The maximum Gasteiger partial charge on any atom is 0.303 e. The fourth-order valence-corrected chi connectivity index (χ4v) is 2.19. The predicted octanol–water partition coefficient (Wildman–Crippen LogP) is 2.34. The molecule has 0 aliphatic carbocycles. The van der Waals surface area contributed by atoms with E-state index in [2.05, 4.69) is 5.32 Å². The van der Waals surface area contributed by atoms with E-state index in [1.54, 1.807) is 21.0 Å². The Balaban J connectivity index is 2.55. The smallest absolute Gasteiger partial charge is 0.303 e. The SMILES string of the molecule is COCc1ccccc1CNC(=O)CC(C)(C)CC(=O)O. The number of hydrogen-bond acceptors (Lipinski definition) is 3. The van der Waals surface area contributed by atoms with E-state index in [0.29, 0.717) is 13.2 Å². The van der Waals surface area contributed by atoms with Gasteiger partial charge in [0.15, 0.2) is 0 Å². The third kappa shape index (κ3) is 6.40. The standard InChI is InChI=1S/C16H23NO4/c1-16(2,9-15(19)20)8-14(18)17-10-12-6-4-5-7-13(12)11-21-3/h4-7H,8-11H2,1-3H3,(H,17,18)(H,19,20). The zero-order chi connectivity index (χ0) is 15.9. The first kappa shape index (κ1) is 17.2. The molecule has 116 valence electrons. The van der Waals surface area contributed by atoms with E-state index < -0.39 is 11.4 Å². The van der Waals surface area contributed by atoms with Crippen LogP contribution in [0.5, 0.6) is 0 Å². The second-order valence-electron chi connectivity index (χ2n) is 5.89. The Bertz CT molecular complexity index is 497. The molecule has 5 heteroatoms. The Kier molecular flexibility index (Phi) is 6.37. The van der Waals surface area contributed by atoms with Crippen LogP contribution in [0, 0.1) is 5.41 Å². The van der Waals surface area contributed by atoms with Crippen LogP contribution < -0.4 is 5.32 Å². The van der Waals surface area contributed by atoms with Crippen molar-refractivity contribution in [3.63, 3.8) is 0 Å². The number of aliphatic carboxylic acids is 1. The lowest BCUT2D eigenvalue weighted by Gasteiger charge is -2.21. The lowest BCUT2D eigenvalue weighted by atomic mass is 9.85. The molecular weight excluding hydrogens is 270 g/mol. The number of carbonyl (C=O) groups excluding carboxylic acids is 1. The van der Waals surface area contributed by atoms with Crippen molar-refractivity contribution in [3.05, 3.63) is 35.4 Å². The molecule has 0 heterocycles. The first-order chi connectivity index (χ1) is 9.84. The highest BCUT2D eigenvalue weighted by molar-refractivity contribution is 5.77. The van der Waals surface area contributed by atoms with Crippen LogP contribution in [0.4, 0.5) is 0 Å². The number of benzene rings is 1. The number of rotatable bonds is 8. The van der Waals surface area contributed by atoms with Crippen LogP contribution in [-0.2, 0) is 27.5 Å². The van der Waals surface area contributed by atoms with Crippen LogP contribution in [0.2, 0.25) is 0 Å². The molecule has 0 saturated heterocycles. The van der Waals surface area contributed by atoms with Crippen LogP contribution >= 0.6 is 0 Å². The van der Waals surface area contributed by atoms with Crippen LogP contribution in [0.1, 0.15) is 37.8 Å². The summed E-state index contributed by atoms with van der Waals surface area (Å²) in [6.45, 7) is 4.47. The summed E-state index contributed by atoms with van der Waals surface area (Å²) in [7, 11) is 1.63. The molecule has 0 radical (unpaired) electrons. The summed E-state index contributed by atoms with van der Waals surface area (Å²) in [5.41, 5.74) is 1.48. The molecule has 0 atom stereocenters. The van der Waals surface area contributed by atoms with Crippen molar-refractivity contribution in [2.24, 2.45) is 5.41 Å². The van der Waals surface area contributed by atoms with Gasteiger partial charge in [-0.25, -0.2) is 0 Å². The largest absolute Gasteiger partial charge is 0.481 e. The van der Waals surface area contributed by atoms with Gasteiger partial charge in [-0.3, -0.25) is 9.59 Å². The molecule has 0 unspecified atom stereocenters. The molecule has 0 saturated carbocycles. The number of methoxy groups -OCH3 is 1. The van der Waals surface area contributed by atoms with Crippen molar-refractivity contribution in [3.8, 4) is 0 Å². The molecule has 1 amide bonds. The summed E-state index contributed by atoms with van der Waals surface area (Å²) >= 11 is 0. The highest BCUT2D eigenvalue weighted by Crippen LogP contribution is 2.24. The van der Waals surface area contributed by atoms with Crippen LogP contribution in [-0.4, -0.2) is 24.1 Å². The van der Waals surface area contributed by atoms with Gasteiger partial charge in [0.1, 0.15) is 0 Å². The maximum atomic E-state index is 11.9. The maximum absolute atomic E-state index is 11.9. The minimum Gasteiger partial charge on any atom is -0.481 e. The summed E-state index contributed by atoms with van der Waals surface area (Å²) < 4.78 is 5.12. The second kappa shape index (κ2) is 7.78. The van der Waals surface area contributed by atoms with E-state index in [4.69, 9.17) is 9.84 Å². The molecule has 0 spiro atoms. The van der Waals surface area contributed by atoms with Gasteiger partial charge in [0, 0.05) is 20.1 Å². The molecule has 0 aliphatic rings. The summed E-state index contributed by atoms with van der Waals surface area (Å²) in [6, 6.07) is 7.74. The van der Waals surface area contributed by atoms with E-state index in [-0.39, 0.29) is 18.7 Å². The fraction of sp³-hybridized carbons (Fsp3) is 0.500. The van der Waals surface area contributed by atoms with Crippen molar-refractivity contribution < 1.29 is 19.4 Å². The molecule has 1 aromatic rings. The normalized spacial score (nSPS) is 11.2. The average Bonchev–Trinajstić information content (AvgIpc) is 2.36. The van der Waals surface area contributed by atoms with Crippen molar-refractivity contribution in [2.75, 3.05) is 7.11 Å². The number of nitrogens with one attached hydrogen (secondary N) is 1. The molecule has 0 aromatic heterocycles. The topological polar surface area (TPSA) is 75.6 Å². The quantitative estimate of drug-likeness (QED) is 0.771. The van der Waals surface area contributed by atoms with Crippen molar-refractivity contribution in [1.82, 2.24) is 5.32 Å². The zero-order valence-electron chi connectivity index (χ0n) is 12.8. The van der Waals surface area contributed by atoms with Gasteiger partial charge in [-0.2, -0.15) is 0 Å². The molecule has 1 aromatic carbocycles. The molecule has 0 fully saturated rings. The second-order valence-corrected chi connectivity index (χ2v) is 5.89. The molecule has 1 rings (SSSR count). The van der Waals surface area contributed by atoms with E-state index in [9.17, 15) is 9.59 Å². The molecule has 21 heavy (non-hydrogen) atoms. The van der Waals surface area contributed by atoms with Gasteiger partial charge in [0.05, 0.1) is 13.0 Å². The molecule has 5 nitrogen and oxygen atoms in total. The van der Waals surface area contributed by atoms with Gasteiger partial charge in [-0.05, 0) is 16.5 Å². The van der Waals surface area contributed by atoms with Crippen LogP contribution in [0.15, 0.2) is 24.3 Å². The lowest BCUT2D eigenvalue weighted by Crippen LogP contribution is -2.30. The molecule has 0 bridgehead atoms. The van der Waals surface area contributed by atoms with E-state index >= 15 is 0 Å². The predicted molar refractivity (Wildman–Crippen MR) is 79.7 cm³/mol. The van der Waals surface area contributed by atoms with Gasteiger partial charge in [0.2, 0.25) is 5.91 Å². The van der Waals surface area contributed by atoms with Gasteiger partial charge in [-0.1, -0.05) is 38.1 Å². The highest BCUT2D eigenvalue weighted by atomic mass is 16.5. The Hall–Kier alpha value is -1.88. The third-order valence-corrected chi connectivity index (χ3v) is 3.16. The number of amides is 1. The van der Waals surface area contributed by atoms with Gasteiger partial charge in [-0.15, -0.1) is 0 Å². The third-order valence-electron chi connectivity index (χ3n) is 3.16. The Morgan fingerprint density at radius 3 is 2.38 bits per heavy atom. The Labute approximate surface area is 125 Å². The van der Waals surface area contributed by atoms with E-state index in [0.717, 1.165) is 11.1 Å². The molecule has 0 aliphatic heterocycles. The van der Waals surface area contributed by atoms with E-state index in [1.807, 2.05) is 24.3 Å². The van der Waals surface area contributed by atoms with Crippen molar-refractivity contribution >= 4 is 11.9 Å². The monoisotopic (exact) mass is 293 g/mol. The molecular formula is C16H23NO4. The first-order valence-electron chi connectivity index (χ1n) is 6.88. The number of carbonyl (C=O) groups is 2. The van der Waals surface area contributed by atoms with Crippen LogP contribution in [0.3, 0.4) is 0 Å². The molecule has 2 N–H and O–H groups in total. The number of ether oxygens (including phenoxy) is 1. The zero-order valence-corrected chi connectivity index (χ0v) is 12.8. The van der Waals surface area contributed by atoms with Gasteiger partial charge in [0.25, 0.3) is 0 Å². The minimum atomic E-state index is -0.891. The summed E-state index contributed by atoms with van der Waals surface area (Å²) in [6.07, 6.45) is 0.159. The summed E-state index contributed by atoms with van der Waals surface area (Å²) in [4.78, 5) is 22.7. The average molecular weight is 293 g/mol. The van der Waals surface area contributed by atoms with Gasteiger partial charge >= 0.3 is 5.97 Å². The lowest BCUT2D eigenvalue weighted by molar-refractivity contribution is -0.139. The Morgan fingerprint density at radius 1 is 1.19 bits per heavy atom. The van der Waals surface area contributed by atoms with Crippen molar-refractivity contribution in [1.29, 1.82) is 0 Å². The van der Waals surface area contributed by atoms with E-state index in [1.165, 1.54) is 0 Å². The fourth-order valence-electron chi connectivity index (χ4n) is 2.19. The van der Waals surface area contributed by atoms with Crippen molar-refractivity contribution in [2.45, 2.75) is 39.8 Å². The highest BCUT2D eigenvalue weighted by Gasteiger charge is 2.25. The number of carboxylic acids is 1. The number of hydrogen-bond donors (Lipinski definition) is 2. The number of carboxylic acid groups (broad SMARTS) is 1.